The van der Waals surface area contributed by atoms with Crippen LogP contribution in [-0.4, -0.2) is 32.7 Å². The van der Waals surface area contributed by atoms with Crippen molar-refractivity contribution in [1.82, 2.24) is 0 Å². The molecule has 1 nitrogen and oxygen atoms in total. The fourth-order valence-corrected chi connectivity index (χ4v) is 0. The molecule has 0 fully saturated rings. The number of nitrogens with zero attached hydrogens (tertiary/aromatic N) is 1. The number of hydrogen-bond acceptors (Lipinski definition) is 0. The maximum Gasteiger partial charge on any atom is 0.0675 e. The molecular weight excluding hydrogens is 246 g/mol. The predicted molar refractivity (Wildman–Crippen MR) is 24.0 cm³/mol. The summed E-state index contributed by atoms with van der Waals surface area (Å²) in [6, 6.07) is 0. The van der Waals surface area contributed by atoms with Gasteiger partial charge in [-0.1, -0.05) is 0 Å². The van der Waals surface area contributed by atoms with Crippen LogP contribution in [0.4, 0.5) is 0 Å². The first-order valence-electron chi connectivity index (χ1n) is 1.79. The summed E-state index contributed by atoms with van der Waals surface area (Å²) in [7, 11) is 8.50. The zero-order valence-corrected chi connectivity index (χ0v) is 7.79. The third kappa shape index (κ3) is 147. The smallest absolute Gasteiger partial charge is 0.0675 e. The van der Waals surface area contributed by atoms with Crippen LogP contribution in [0, 0.1) is 0 Å². The van der Waals surface area contributed by atoms with Crippen molar-refractivity contribution in [2.24, 2.45) is 0 Å². The molecule has 6 heavy (non-hydrogen) atoms. The van der Waals surface area contributed by atoms with E-state index in [2.05, 4.69) is 28.2 Å². The van der Waals surface area contributed by atoms with E-state index in [1.165, 1.54) is 0 Å². The van der Waals surface area contributed by atoms with Crippen molar-refractivity contribution in [2.75, 3.05) is 28.2 Å². The second-order valence-electron chi connectivity index (χ2n) is 2.68. The van der Waals surface area contributed by atoms with Crippen molar-refractivity contribution in [3.8, 4) is 0 Å². The molecule has 0 aliphatic heterocycles. The summed E-state index contributed by atoms with van der Waals surface area (Å²) in [5, 5.41) is 0. The van der Waals surface area contributed by atoms with E-state index in [4.69, 9.17) is 0 Å². The Balaban J connectivity index is 0. The average Bonchev–Trinajstić information content (AvgIpc) is 0.722. The van der Waals surface area contributed by atoms with Crippen LogP contribution < -0.4 is 0 Å². The Labute approximate surface area is 54.2 Å². The van der Waals surface area contributed by atoms with Gasteiger partial charge in [0.1, 0.15) is 0 Å². The summed E-state index contributed by atoms with van der Waals surface area (Å²) < 4.78 is 1.00. The minimum atomic E-state index is 0. The summed E-state index contributed by atoms with van der Waals surface area (Å²) in [5.74, 6) is 0. The maximum absolute atomic E-state index is 2.12. The second kappa shape index (κ2) is 2.76. The quantitative estimate of drug-likeness (QED) is 0.549. The average molecular weight is 258 g/mol. The standard InChI is InChI=1S/C4H12N.W/c1-5(2,3)4;/h1-4H3;/q+1;. The molecule has 0 spiro atoms. The first kappa shape index (κ1) is 9.82. The maximum atomic E-state index is 2.12. The summed E-state index contributed by atoms with van der Waals surface area (Å²) >= 11 is 0. The topological polar surface area (TPSA) is 0 Å². The zero-order chi connectivity index (χ0) is 4.50. The summed E-state index contributed by atoms with van der Waals surface area (Å²) in [5.41, 5.74) is 0. The van der Waals surface area contributed by atoms with Crippen molar-refractivity contribution < 1.29 is 25.5 Å². The van der Waals surface area contributed by atoms with Gasteiger partial charge in [0.2, 0.25) is 0 Å². The van der Waals surface area contributed by atoms with Gasteiger partial charge in [0, 0.05) is 21.1 Å². The number of hydrogen-bond donors (Lipinski definition) is 0. The van der Waals surface area contributed by atoms with Gasteiger partial charge in [-0.3, -0.25) is 0 Å². The van der Waals surface area contributed by atoms with E-state index in [0.717, 1.165) is 4.48 Å². The van der Waals surface area contributed by atoms with Crippen LogP contribution in [0.5, 0.6) is 0 Å². The third-order valence-corrected chi connectivity index (χ3v) is 0. The minimum Gasteiger partial charge on any atom is -0.333 e. The van der Waals surface area contributed by atoms with Crippen LogP contribution in [0.1, 0.15) is 0 Å². The molecule has 0 N–H and O–H groups in total. The third-order valence-electron chi connectivity index (χ3n) is 0. The van der Waals surface area contributed by atoms with Gasteiger partial charge in [-0.05, 0) is 0 Å². The Morgan fingerprint density at radius 1 is 0.833 bits per heavy atom. The Bertz CT molecular complexity index is 23.0. The first-order chi connectivity index (χ1) is 2.00. The molecule has 0 aliphatic rings. The second-order valence-corrected chi connectivity index (χ2v) is 2.68. The van der Waals surface area contributed by atoms with Crippen LogP contribution >= 0.6 is 0 Å². The molecule has 0 unspecified atom stereocenters. The molecule has 0 aromatic carbocycles. The van der Waals surface area contributed by atoms with Crippen LogP contribution in [0.25, 0.3) is 0 Å². The van der Waals surface area contributed by atoms with E-state index in [0.29, 0.717) is 0 Å². The molecule has 0 bridgehead atoms. The summed E-state index contributed by atoms with van der Waals surface area (Å²) in [4.78, 5) is 0. The number of rotatable bonds is 0. The summed E-state index contributed by atoms with van der Waals surface area (Å²) in [6.45, 7) is 0. The Morgan fingerprint density at radius 3 is 0.833 bits per heavy atom. The van der Waals surface area contributed by atoms with Gasteiger partial charge in [0.15, 0.2) is 0 Å². The molecule has 0 radical (unpaired) electrons. The molecule has 2 heteroatoms. The van der Waals surface area contributed by atoms with E-state index in [9.17, 15) is 0 Å². The molecule has 0 aliphatic carbocycles. The fraction of sp³-hybridized carbons (Fsp3) is 1.00. The zero-order valence-electron chi connectivity index (χ0n) is 4.86. The Hall–Kier alpha value is 0.648. The minimum absolute atomic E-state index is 0. The number of quaternary nitrogens is 1. The van der Waals surface area contributed by atoms with Crippen molar-refractivity contribution in [2.45, 2.75) is 0 Å². The predicted octanol–water partition coefficient (Wildman–Crippen LogP) is 0.320. The largest absolute Gasteiger partial charge is 0.333 e. The van der Waals surface area contributed by atoms with E-state index in [1.807, 2.05) is 0 Å². The molecule has 0 atom stereocenters. The van der Waals surface area contributed by atoms with Gasteiger partial charge < -0.3 is 4.48 Å². The molecule has 0 amide bonds. The van der Waals surface area contributed by atoms with Gasteiger partial charge in [-0.25, -0.2) is 0 Å². The van der Waals surface area contributed by atoms with E-state index in [1.54, 1.807) is 0 Å². The van der Waals surface area contributed by atoms with Crippen LogP contribution in [0.15, 0.2) is 0 Å². The van der Waals surface area contributed by atoms with Gasteiger partial charge in [-0.2, -0.15) is 0 Å². The van der Waals surface area contributed by atoms with Gasteiger partial charge in [0.25, 0.3) is 0 Å². The SMILES string of the molecule is C[N+](C)(C)C.[W]. The molecular formula is C4H12NW+. The Kier molecular flexibility index (Phi) is 4.52. The van der Waals surface area contributed by atoms with Crippen molar-refractivity contribution in [1.29, 1.82) is 0 Å². The Morgan fingerprint density at radius 2 is 0.833 bits per heavy atom. The molecule has 0 rings (SSSR count). The molecule has 0 saturated carbocycles. The fourth-order valence-electron chi connectivity index (χ4n) is 0. The van der Waals surface area contributed by atoms with Crippen molar-refractivity contribution in [3.63, 3.8) is 0 Å². The molecule has 0 aromatic rings. The normalized spacial score (nSPS) is 10.0. The monoisotopic (exact) mass is 258 g/mol. The molecule has 0 aromatic heterocycles. The first-order valence-corrected chi connectivity index (χ1v) is 1.79. The van der Waals surface area contributed by atoms with Crippen molar-refractivity contribution in [3.05, 3.63) is 0 Å². The van der Waals surface area contributed by atoms with Crippen LogP contribution in [0.2, 0.25) is 0 Å². The van der Waals surface area contributed by atoms with Crippen LogP contribution in [0.3, 0.4) is 0 Å². The van der Waals surface area contributed by atoms with E-state index >= 15 is 0 Å². The van der Waals surface area contributed by atoms with E-state index < -0.39 is 0 Å². The molecule has 0 saturated heterocycles. The van der Waals surface area contributed by atoms with Gasteiger partial charge in [-0.15, -0.1) is 0 Å². The van der Waals surface area contributed by atoms with Crippen molar-refractivity contribution >= 4 is 0 Å². The van der Waals surface area contributed by atoms with Gasteiger partial charge in [0.05, 0.1) is 28.2 Å². The molecule has 38 valence electrons. The molecule has 0 heterocycles. The van der Waals surface area contributed by atoms with Crippen LogP contribution in [-0.2, 0) is 21.1 Å². The summed E-state index contributed by atoms with van der Waals surface area (Å²) in [6.07, 6.45) is 0. The van der Waals surface area contributed by atoms with Gasteiger partial charge >= 0.3 is 0 Å². The van der Waals surface area contributed by atoms with E-state index in [-0.39, 0.29) is 21.1 Å².